The molecule has 0 atom stereocenters. The summed E-state index contributed by atoms with van der Waals surface area (Å²) in [6.07, 6.45) is 13.5. The van der Waals surface area contributed by atoms with E-state index in [4.69, 9.17) is 0 Å². The summed E-state index contributed by atoms with van der Waals surface area (Å²) in [5.41, 5.74) is 1.43. The van der Waals surface area contributed by atoms with Crippen LogP contribution < -0.4 is 0 Å². The van der Waals surface area contributed by atoms with Gasteiger partial charge in [0, 0.05) is 13.3 Å². The highest BCUT2D eigenvalue weighted by Gasteiger charge is 1.98. The maximum Gasteiger partial charge on any atom is 0.0277 e. The third-order valence-electron chi connectivity index (χ3n) is 3.18. The molecule has 0 unspecified atom stereocenters. The average Bonchev–Trinajstić information content (AvgIpc) is 2.27. The van der Waals surface area contributed by atoms with Crippen LogP contribution in [0.4, 0.5) is 0 Å². The topological polar surface area (TPSA) is 12.4 Å². The lowest BCUT2D eigenvalue weighted by Crippen LogP contribution is -1.91. The normalized spacial score (nSPS) is 13.2. The Labute approximate surface area is 115 Å². The van der Waals surface area contributed by atoms with Crippen LogP contribution in [0.1, 0.15) is 72.6 Å². The van der Waals surface area contributed by atoms with Gasteiger partial charge < -0.3 is 0 Å². The second-order valence-corrected chi connectivity index (χ2v) is 6.13. The van der Waals surface area contributed by atoms with Gasteiger partial charge in [-0.1, -0.05) is 53.0 Å². The van der Waals surface area contributed by atoms with Crippen molar-refractivity contribution in [2.75, 3.05) is 7.05 Å². The third-order valence-corrected chi connectivity index (χ3v) is 3.18. The molecule has 0 N–H and O–H groups in total. The highest BCUT2D eigenvalue weighted by molar-refractivity contribution is 5.78. The fourth-order valence-corrected chi connectivity index (χ4v) is 2.08. The van der Waals surface area contributed by atoms with Crippen LogP contribution in [0.15, 0.2) is 16.6 Å². The molecular weight excluding hydrogens is 218 g/mol. The minimum Gasteiger partial charge on any atom is -0.296 e. The fraction of sp³-hybridized carbons (Fsp3) is 0.824. The molecular formula is C17H33N. The third kappa shape index (κ3) is 11.9. The van der Waals surface area contributed by atoms with Gasteiger partial charge in [-0.2, -0.15) is 0 Å². The van der Waals surface area contributed by atoms with Crippen LogP contribution in [-0.2, 0) is 0 Å². The Kier molecular flexibility index (Phi) is 11.1. The predicted molar refractivity (Wildman–Crippen MR) is 84.5 cm³/mol. The van der Waals surface area contributed by atoms with Gasteiger partial charge in [-0.25, -0.2) is 0 Å². The van der Waals surface area contributed by atoms with Gasteiger partial charge in [-0.05, 0) is 43.1 Å². The number of aliphatic imine (C=N–C) groups is 1. The number of unbranched alkanes of at least 4 members (excludes halogenated alkanes) is 2. The van der Waals surface area contributed by atoms with Gasteiger partial charge in [-0.3, -0.25) is 4.99 Å². The summed E-state index contributed by atoms with van der Waals surface area (Å²) in [5, 5.41) is 0. The Morgan fingerprint density at radius 2 is 1.56 bits per heavy atom. The smallest absolute Gasteiger partial charge is 0.0277 e. The van der Waals surface area contributed by atoms with Crippen LogP contribution in [0.25, 0.3) is 0 Å². The maximum atomic E-state index is 4.17. The molecule has 0 heterocycles. The molecule has 1 heteroatoms. The molecule has 0 amide bonds. The molecule has 0 fully saturated rings. The predicted octanol–water partition coefficient (Wildman–Crippen LogP) is 5.66. The molecule has 1 nitrogen and oxygen atoms in total. The van der Waals surface area contributed by atoms with Crippen LogP contribution >= 0.6 is 0 Å². The second kappa shape index (κ2) is 11.5. The number of hydrogen-bond donors (Lipinski definition) is 0. The standard InChI is InChI=1S/C17H33N/c1-15(2)10-7-6-8-12-17(14-18-5)13-9-11-16(3)4/h12,14-16H,6-11,13H2,1-5H3. The lowest BCUT2D eigenvalue weighted by Gasteiger charge is -2.06. The minimum absolute atomic E-state index is 0.816. The number of hydrogen-bond acceptors (Lipinski definition) is 1. The first-order valence-corrected chi connectivity index (χ1v) is 7.67. The van der Waals surface area contributed by atoms with E-state index in [1.807, 2.05) is 13.3 Å². The Balaban J connectivity index is 3.85. The number of rotatable bonds is 10. The summed E-state index contributed by atoms with van der Waals surface area (Å²) >= 11 is 0. The zero-order valence-corrected chi connectivity index (χ0v) is 13.2. The van der Waals surface area contributed by atoms with E-state index in [1.165, 1.54) is 50.5 Å². The van der Waals surface area contributed by atoms with Gasteiger partial charge in [-0.15, -0.1) is 0 Å². The summed E-state index contributed by atoms with van der Waals surface area (Å²) < 4.78 is 0. The SMILES string of the molecule is CN=CC(=CCCCCC(C)C)CCCC(C)C. The quantitative estimate of drug-likeness (QED) is 0.351. The van der Waals surface area contributed by atoms with Crippen LogP contribution in [0.2, 0.25) is 0 Å². The number of nitrogens with zero attached hydrogens (tertiary/aromatic N) is 1. The van der Waals surface area contributed by atoms with E-state index in [9.17, 15) is 0 Å². The molecule has 0 saturated carbocycles. The minimum atomic E-state index is 0.816. The van der Waals surface area contributed by atoms with E-state index in [2.05, 4.69) is 38.8 Å². The Hall–Kier alpha value is -0.590. The van der Waals surface area contributed by atoms with Crippen molar-refractivity contribution in [1.82, 2.24) is 0 Å². The molecule has 0 aromatic rings. The van der Waals surface area contributed by atoms with E-state index in [0.717, 1.165) is 11.8 Å². The van der Waals surface area contributed by atoms with Gasteiger partial charge in [0.15, 0.2) is 0 Å². The van der Waals surface area contributed by atoms with Crippen LogP contribution in [0.3, 0.4) is 0 Å². The van der Waals surface area contributed by atoms with Crippen molar-refractivity contribution >= 4 is 6.21 Å². The first-order valence-electron chi connectivity index (χ1n) is 7.67. The van der Waals surface area contributed by atoms with E-state index >= 15 is 0 Å². The Morgan fingerprint density at radius 3 is 2.11 bits per heavy atom. The van der Waals surface area contributed by atoms with Crippen molar-refractivity contribution in [3.05, 3.63) is 11.6 Å². The van der Waals surface area contributed by atoms with E-state index in [0.29, 0.717) is 0 Å². The average molecular weight is 251 g/mol. The summed E-state index contributed by atoms with van der Waals surface area (Å²) in [4.78, 5) is 4.17. The van der Waals surface area contributed by atoms with Crippen LogP contribution in [0.5, 0.6) is 0 Å². The number of allylic oxidation sites excluding steroid dienone is 2. The molecule has 0 aliphatic heterocycles. The van der Waals surface area contributed by atoms with Crippen molar-refractivity contribution in [1.29, 1.82) is 0 Å². The highest BCUT2D eigenvalue weighted by Crippen LogP contribution is 2.14. The van der Waals surface area contributed by atoms with Crippen molar-refractivity contribution in [3.63, 3.8) is 0 Å². The molecule has 106 valence electrons. The first kappa shape index (κ1) is 17.4. The maximum absolute atomic E-state index is 4.17. The van der Waals surface area contributed by atoms with Crippen molar-refractivity contribution < 1.29 is 0 Å². The van der Waals surface area contributed by atoms with E-state index in [-0.39, 0.29) is 0 Å². The zero-order valence-electron chi connectivity index (χ0n) is 13.2. The van der Waals surface area contributed by atoms with Gasteiger partial charge >= 0.3 is 0 Å². The van der Waals surface area contributed by atoms with Gasteiger partial charge in [0.1, 0.15) is 0 Å². The second-order valence-electron chi connectivity index (χ2n) is 6.13. The Bertz CT molecular complexity index is 236. The fourth-order valence-electron chi connectivity index (χ4n) is 2.08. The van der Waals surface area contributed by atoms with E-state index in [1.54, 1.807) is 0 Å². The monoisotopic (exact) mass is 251 g/mol. The first-order chi connectivity index (χ1) is 8.56. The van der Waals surface area contributed by atoms with E-state index < -0.39 is 0 Å². The molecule has 0 radical (unpaired) electrons. The van der Waals surface area contributed by atoms with Gasteiger partial charge in [0.25, 0.3) is 0 Å². The van der Waals surface area contributed by atoms with Gasteiger partial charge in [0.05, 0.1) is 0 Å². The molecule has 0 rings (SSSR count). The van der Waals surface area contributed by atoms with Crippen molar-refractivity contribution in [2.45, 2.75) is 72.6 Å². The summed E-state index contributed by atoms with van der Waals surface area (Å²) in [6, 6.07) is 0. The lowest BCUT2D eigenvalue weighted by molar-refractivity contribution is 0.539. The van der Waals surface area contributed by atoms with Crippen LogP contribution in [-0.4, -0.2) is 13.3 Å². The molecule has 18 heavy (non-hydrogen) atoms. The Morgan fingerprint density at radius 1 is 0.944 bits per heavy atom. The zero-order chi connectivity index (χ0) is 13.8. The molecule has 0 bridgehead atoms. The summed E-state index contributed by atoms with van der Waals surface area (Å²) in [7, 11) is 1.87. The largest absolute Gasteiger partial charge is 0.296 e. The molecule has 0 spiro atoms. The van der Waals surface area contributed by atoms with Crippen molar-refractivity contribution in [2.24, 2.45) is 16.8 Å². The summed E-state index contributed by atoms with van der Waals surface area (Å²) in [6.45, 7) is 9.19. The summed E-state index contributed by atoms with van der Waals surface area (Å²) in [5.74, 6) is 1.66. The van der Waals surface area contributed by atoms with Crippen LogP contribution in [0, 0.1) is 11.8 Å². The molecule has 0 aliphatic carbocycles. The molecule has 0 aliphatic rings. The van der Waals surface area contributed by atoms with Crippen molar-refractivity contribution in [3.8, 4) is 0 Å². The molecule has 0 saturated heterocycles. The molecule has 0 aromatic heterocycles. The highest BCUT2D eigenvalue weighted by atomic mass is 14.6. The molecule has 0 aromatic carbocycles. The van der Waals surface area contributed by atoms with Gasteiger partial charge in [0.2, 0.25) is 0 Å². The lowest BCUT2D eigenvalue weighted by atomic mass is 10.0.